The number of imidazole rings is 1. The first-order valence-electron chi connectivity index (χ1n) is 8.71. The molecule has 0 N–H and O–H groups in total. The van der Waals surface area contributed by atoms with Crippen LogP contribution in [-0.2, 0) is 18.9 Å². The summed E-state index contributed by atoms with van der Waals surface area (Å²) in [6.07, 6.45) is 2.02. The third-order valence-corrected chi connectivity index (χ3v) is 5.32. The number of hydrogen-bond donors (Lipinski definition) is 0. The highest BCUT2D eigenvalue weighted by molar-refractivity contribution is 5.97. The van der Waals surface area contributed by atoms with Gasteiger partial charge >= 0.3 is 5.69 Å². The summed E-state index contributed by atoms with van der Waals surface area (Å²) in [7, 11) is 3.43. The number of aryl methyl sites for hydroxylation is 2. The molecule has 2 aliphatic rings. The van der Waals surface area contributed by atoms with Crippen molar-refractivity contribution in [2.24, 2.45) is 20.0 Å². The van der Waals surface area contributed by atoms with Crippen molar-refractivity contribution < 1.29 is 9.59 Å². The second-order valence-corrected chi connectivity index (χ2v) is 7.00. The van der Waals surface area contributed by atoms with E-state index in [1.165, 1.54) is 0 Å². The van der Waals surface area contributed by atoms with E-state index >= 15 is 0 Å². The Hall–Kier alpha value is -2.57. The molecule has 7 nitrogen and oxygen atoms in total. The first kappa shape index (κ1) is 15.9. The molecule has 2 heterocycles. The molecule has 1 aliphatic heterocycles. The van der Waals surface area contributed by atoms with Gasteiger partial charge < -0.3 is 9.80 Å². The lowest BCUT2D eigenvalue weighted by Crippen LogP contribution is -2.51. The summed E-state index contributed by atoms with van der Waals surface area (Å²) in [5.41, 5.74) is 2.03. The quantitative estimate of drug-likeness (QED) is 0.801. The highest BCUT2D eigenvalue weighted by Gasteiger charge is 2.35. The Morgan fingerprint density at radius 1 is 0.920 bits per heavy atom. The fourth-order valence-electron chi connectivity index (χ4n) is 3.54. The molecule has 7 heteroatoms. The lowest BCUT2D eigenvalue weighted by atomic mass is 10.1. The predicted molar refractivity (Wildman–Crippen MR) is 93.4 cm³/mol. The summed E-state index contributed by atoms with van der Waals surface area (Å²) < 4.78 is 3.13. The molecule has 2 aromatic rings. The maximum absolute atomic E-state index is 12.8. The number of hydrogen-bond acceptors (Lipinski definition) is 3. The molecule has 132 valence electrons. The zero-order chi connectivity index (χ0) is 17.7. The Morgan fingerprint density at radius 2 is 1.52 bits per heavy atom. The smallest absolute Gasteiger partial charge is 0.328 e. The first-order valence-corrected chi connectivity index (χ1v) is 8.71. The highest BCUT2D eigenvalue weighted by atomic mass is 16.2. The molecule has 1 aromatic heterocycles. The molecule has 2 fully saturated rings. The number of nitrogens with zero attached hydrogens (tertiary/aromatic N) is 4. The van der Waals surface area contributed by atoms with E-state index < -0.39 is 0 Å². The van der Waals surface area contributed by atoms with Crippen LogP contribution in [0.5, 0.6) is 0 Å². The number of piperazine rings is 1. The van der Waals surface area contributed by atoms with Gasteiger partial charge in [0.25, 0.3) is 5.91 Å². The summed E-state index contributed by atoms with van der Waals surface area (Å²) >= 11 is 0. The van der Waals surface area contributed by atoms with E-state index in [1.54, 1.807) is 40.3 Å². The van der Waals surface area contributed by atoms with E-state index in [0.717, 1.165) is 23.9 Å². The molecular formula is C18H22N4O3. The minimum absolute atomic E-state index is 0.0447. The number of benzene rings is 1. The molecule has 2 amide bonds. The third-order valence-electron chi connectivity index (χ3n) is 5.32. The van der Waals surface area contributed by atoms with Gasteiger partial charge in [0.15, 0.2) is 0 Å². The van der Waals surface area contributed by atoms with E-state index in [1.807, 2.05) is 11.0 Å². The fourth-order valence-corrected chi connectivity index (χ4v) is 3.54. The van der Waals surface area contributed by atoms with Gasteiger partial charge in [-0.2, -0.15) is 0 Å². The molecule has 0 unspecified atom stereocenters. The molecule has 4 rings (SSSR count). The van der Waals surface area contributed by atoms with E-state index in [4.69, 9.17) is 0 Å². The zero-order valence-electron chi connectivity index (χ0n) is 14.6. The molecule has 0 radical (unpaired) electrons. The van der Waals surface area contributed by atoms with Crippen LogP contribution in [0.3, 0.4) is 0 Å². The number of carbonyl (C=O) groups is 2. The minimum Gasteiger partial charge on any atom is -0.339 e. The summed E-state index contributed by atoms with van der Waals surface area (Å²) in [6, 6.07) is 5.36. The number of fused-ring (bicyclic) bond motifs is 1. The van der Waals surface area contributed by atoms with E-state index in [2.05, 4.69) is 0 Å². The van der Waals surface area contributed by atoms with Crippen LogP contribution in [-0.4, -0.2) is 56.9 Å². The van der Waals surface area contributed by atoms with Gasteiger partial charge in [-0.15, -0.1) is 0 Å². The van der Waals surface area contributed by atoms with Crippen molar-refractivity contribution in [2.45, 2.75) is 12.8 Å². The Balaban J connectivity index is 1.51. The normalized spacial score (nSPS) is 18.0. The molecule has 0 bridgehead atoms. The van der Waals surface area contributed by atoms with Crippen molar-refractivity contribution in [2.75, 3.05) is 26.2 Å². The van der Waals surface area contributed by atoms with Crippen LogP contribution in [0.15, 0.2) is 23.0 Å². The van der Waals surface area contributed by atoms with Gasteiger partial charge in [-0.1, -0.05) is 0 Å². The number of amides is 2. The van der Waals surface area contributed by atoms with Gasteiger partial charge in [0, 0.05) is 51.8 Å². The molecule has 1 saturated heterocycles. The Morgan fingerprint density at radius 3 is 2.16 bits per heavy atom. The molecule has 0 spiro atoms. The predicted octanol–water partition coefficient (Wildman–Crippen LogP) is 0.571. The summed E-state index contributed by atoms with van der Waals surface area (Å²) in [5.74, 6) is 0.425. The summed E-state index contributed by atoms with van der Waals surface area (Å²) in [4.78, 5) is 40.6. The molecule has 25 heavy (non-hydrogen) atoms. The Kier molecular flexibility index (Phi) is 3.67. The minimum atomic E-state index is -0.105. The molecule has 0 atom stereocenters. The van der Waals surface area contributed by atoms with Crippen molar-refractivity contribution in [3.05, 3.63) is 34.2 Å². The van der Waals surface area contributed by atoms with Crippen molar-refractivity contribution in [1.29, 1.82) is 0 Å². The topological polar surface area (TPSA) is 67.6 Å². The van der Waals surface area contributed by atoms with Crippen LogP contribution in [0, 0.1) is 5.92 Å². The van der Waals surface area contributed by atoms with Gasteiger partial charge in [0.05, 0.1) is 11.0 Å². The SMILES string of the molecule is Cn1c(=O)n(C)c2cc(C(=O)N3CCN(C(=O)C4CC4)CC3)ccc21. The van der Waals surface area contributed by atoms with Crippen molar-refractivity contribution in [3.63, 3.8) is 0 Å². The van der Waals surface area contributed by atoms with Crippen LogP contribution in [0.1, 0.15) is 23.2 Å². The largest absolute Gasteiger partial charge is 0.339 e. The second kappa shape index (κ2) is 5.75. The fraction of sp³-hybridized carbons (Fsp3) is 0.500. The van der Waals surface area contributed by atoms with Crippen LogP contribution < -0.4 is 5.69 Å². The van der Waals surface area contributed by atoms with Crippen LogP contribution >= 0.6 is 0 Å². The number of carbonyl (C=O) groups excluding carboxylic acids is 2. The average Bonchev–Trinajstić information content (AvgIpc) is 3.47. The summed E-state index contributed by atoms with van der Waals surface area (Å²) in [6.45, 7) is 2.33. The molecular weight excluding hydrogens is 320 g/mol. The van der Waals surface area contributed by atoms with E-state index in [0.29, 0.717) is 31.7 Å². The van der Waals surface area contributed by atoms with Gasteiger partial charge in [-0.05, 0) is 31.0 Å². The lowest BCUT2D eigenvalue weighted by molar-refractivity contribution is -0.134. The van der Waals surface area contributed by atoms with Gasteiger partial charge in [-0.25, -0.2) is 4.79 Å². The lowest BCUT2D eigenvalue weighted by Gasteiger charge is -2.35. The van der Waals surface area contributed by atoms with E-state index in [9.17, 15) is 14.4 Å². The standard InChI is InChI=1S/C18H22N4O3/c1-19-14-6-5-13(11-15(14)20(2)18(19)25)17(24)22-9-7-21(8-10-22)16(23)12-3-4-12/h5-6,11-12H,3-4,7-10H2,1-2H3. The third kappa shape index (κ3) is 2.63. The second-order valence-electron chi connectivity index (χ2n) is 7.00. The Bertz CT molecular complexity index is 914. The monoisotopic (exact) mass is 342 g/mol. The highest BCUT2D eigenvalue weighted by Crippen LogP contribution is 2.31. The molecule has 1 saturated carbocycles. The number of rotatable bonds is 2. The maximum atomic E-state index is 12.8. The molecule has 1 aliphatic carbocycles. The van der Waals surface area contributed by atoms with Crippen molar-refractivity contribution in [3.8, 4) is 0 Å². The van der Waals surface area contributed by atoms with Crippen LogP contribution in [0.4, 0.5) is 0 Å². The zero-order valence-corrected chi connectivity index (χ0v) is 14.6. The Labute approximate surface area is 145 Å². The first-order chi connectivity index (χ1) is 12.0. The number of aromatic nitrogens is 2. The van der Waals surface area contributed by atoms with Crippen LogP contribution in [0.25, 0.3) is 11.0 Å². The van der Waals surface area contributed by atoms with Crippen LogP contribution in [0.2, 0.25) is 0 Å². The van der Waals surface area contributed by atoms with E-state index in [-0.39, 0.29) is 23.4 Å². The average molecular weight is 342 g/mol. The van der Waals surface area contributed by atoms with Crippen molar-refractivity contribution >= 4 is 22.8 Å². The van der Waals surface area contributed by atoms with Gasteiger partial charge in [0.1, 0.15) is 0 Å². The maximum Gasteiger partial charge on any atom is 0.328 e. The van der Waals surface area contributed by atoms with Gasteiger partial charge in [-0.3, -0.25) is 18.7 Å². The summed E-state index contributed by atoms with van der Waals surface area (Å²) in [5, 5.41) is 0. The van der Waals surface area contributed by atoms with Gasteiger partial charge in [0.2, 0.25) is 5.91 Å². The van der Waals surface area contributed by atoms with Crippen molar-refractivity contribution in [1.82, 2.24) is 18.9 Å². The molecule has 1 aromatic carbocycles.